The molecule has 0 bridgehead atoms. The monoisotopic (exact) mass is 310 g/mol. The molecule has 0 aliphatic rings. The number of benzene rings is 1. The largest absolute Gasteiger partial charge is 0.325 e. The number of aromatic nitrogens is 2. The predicted molar refractivity (Wildman–Crippen MR) is 77.1 cm³/mol. The van der Waals surface area contributed by atoms with E-state index in [0.717, 1.165) is 0 Å². The van der Waals surface area contributed by atoms with Gasteiger partial charge in [-0.25, -0.2) is 0 Å². The van der Waals surface area contributed by atoms with E-state index in [-0.39, 0.29) is 17.3 Å². The normalized spacial score (nSPS) is 10.2. The Balaban J connectivity index is 2.01. The Labute approximate surface area is 122 Å². The summed E-state index contributed by atoms with van der Waals surface area (Å²) in [6.07, 6.45) is 0. The van der Waals surface area contributed by atoms with Gasteiger partial charge in [0.1, 0.15) is 5.51 Å². The molecule has 0 aliphatic carbocycles. The number of nitro benzene ring substituents is 1. The first-order valence-electron chi connectivity index (χ1n) is 5.50. The van der Waals surface area contributed by atoms with Crippen molar-refractivity contribution in [3.05, 3.63) is 39.4 Å². The molecule has 0 saturated carbocycles. The van der Waals surface area contributed by atoms with E-state index in [4.69, 9.17) is 0 Å². The molecule has 2 rings (SSSR count). The van der Waals surface area contributed by atoms with Crippen molar-refractivity contribution in [1.82, 2.24) is 10.2 Å². The topological polar surface area (TPSA) is 98.0 Å². The molecule has 0 unspecified atom stereocenters. The molecule has 7 nitrogen and oxygen atoms in total. The third-order valence-corrected chi connectivity index (χ3v) is 4.30. The average molecular weight is 310 g/mol. The third kappa shape index (κ3) is 3.52. The second-order valence-electron chi connectivity index (χ2n) is 3.75. The first kappa shape index (κ1) is 14.4. The van der Waals surface area contributed by atoms with Crippen LogP contribution in [0.4, 0.5) is 11.4 Å². The lowest BCUT2D eigenvalue weighted by molar-refractivity contribution is -0.385. The molecule has 104 valence electrons. The first-order chi connectivity index (χ1) is 9.58. The van der Waals surface area contributed by atoms with Crippen molar-refractivity contribution in [2.24, 2.45) is 0 Å². The number of rotatable bonds is 5. The summed E-state index contributed by atoms with van der Waals surface area (Å²) >= 11 is 2.62. The van der Waals surface area contributed by atoms with Crippen molar-refractivity contribution in [1.29, 1.82) is 0 Å². The second kappa shape index (κ2) is 6.44. The van der Waals surface area contributed by atoms with Crippen LogP contribution >= 0.6 is 23.1 Å². The van der Waals surface area contributed by atoms with Gasteiger partial charge < -0.3 is 5.32 Å². The van der Waals surface area contributed by atoms with Crippen LogP contribution in [0.2, 0.25) is 0 Å². The Morgan fingerprint density at radius 2 is 2.35 bits per heavy atom. The third-order valence-electron chi connectivity index (χ3n) is 2.44. The minimum Gasteiger partial charge on any atom is -0.325 e. The highest BCUT2D eigenvalue weighted by molar-refractivity contribution is 8.01. The smallest absolute Gasteiger partial charge is 0.274 e. The minimum atomic E-state index is -0.471. The molecule has 9 heteroatoms. The summed E-state index contributed by atoms with van der Waals surface area (Å²) in [7, 11) is 0. The molecule has 0 aliphatic heterocycles. The molecular weight excluding hydrogens is 300 g/mol. The fraction of sp³-hybridized carbons (Fsp3) is 0.182. The number of amides is 1. The zero-order chi connectivity index (χ0) is 14.5. The summed E-state index contributed by atoms with van der Waals surface area (Å²) < 4.78 is 0.705. The highest BCUT2D eigenvalue weighted by Gasteiger charge is 2.15. The van der Waals surface area contributed by atoms with E-state index in [1.165, 1.54) is 29.2 Å². The van der Waals surface area contributed by atoms with E-state index < -0.39 is 4.92 Å². The summed E-state index contributed by atoms with van der Waals surface area (Å²) in [6, 6.07) is 4.58. The maximum absolute atomic E-state index is 11.8. The van der Waals surface area contributed by atoms with Gasteiger partial charge in [-0.05, 0) is 13.0 Å². The molecule has 0 spiro atoms. The zero-order valence-electron chi connectivity index (χ0n) is 10.4. The molecule has 1 aromatic carbocycles. The molecule has 1 heterocycles. The number of nitrogens with zero attached hydrogens (tertiary/aromatic N) is 3. The molecular formula is C11H10N4O3S2. The minimum absolute atomic E-state index is 0.0143. The van der Waals surface area contributed by atoms with Crippen LogP contribution in [0.3, 0.4) is 0 Å². The fourth-order valence-corrected chi connectivity index (χ4v) is 2.78. The Kier molecular flexibility index (Phi) is 4.64. The average Bonchev–Trinajstić information content (AvgIpc) is 2.91. The van der Waals surface area contributed by atoms with Crippen LogP contribution in [0.15, 0.2) is 28.0 Å². The highest BCUT2D eigenvalue weighted by atomic mass is 32.2. The van der Waals surface area contributed by atoms with Crippen LogP contribution in [0, 0.1) is 17.0 Å². The van der Waals surface area contributed by atoms with Gasteiger partial charge in [0.15, 0.2) is 4.34 Å². The van der Waals surface area contributed by atoms with Gasteiger partial charge in [0.05, 0.1) is 21.9 Å². The highest BCUT2D eigenvalue weighted by Crippen LogP contribution is 2.25. The molecule has 1 N–H and O–H groups in total. The molecule has 0 atom stereocenters. The zero-order valence-corrected chi connectivity index (χ0v) is 12.0. The van der Waals surface area contributed by atoms with Gasteiger partial charge in [-0.1, -0.05) is 29.2 Å². The molecule has 0 saturated heterocycles. The molecule has 1 amide bonds. The molecule has 2 aromatic rings. The van der Waals surface area contributed by atoms with Gasteiger partial charge in [0, 0.05) is 6.07 Å². The van der Waals surface area contributed by atoms with E-state index in [9.17, 15) is 14.9 Å². The van der Waals surface area contributed by atoms with Crippen molar-refractivity contribution < 1.29 is 9.72 Å². The summed E-state index contributed by atoms with van der Waals surface area (Å²) in [5.41, 5.74) is 2.46. The van der Waals surface area contributed by atoms with E-state index in [2.05, 4.69) is 15.5 Å². The Morgan fingerprint density at radius 1 is 1.55 bits per heavy atom. The van der Waals surface area contributed by atoms with Crippen LogP contribution in [-0.2, 0) is 4.79 Å². The molecule has 1 aromatic heterocycles. The van der Waals surface area contributed by atoms with E-state index >= 15 is 0 Å². The van der Waals surface area contributed by atoms with Crippen LogP contribution in [-0.4, -0.2) is 26.8 Å². The van der Waals surface area contributed by atoms with Crippen LogP contribution in [0.1, 0.15) is 5.56 Å². The van der Waals surface area contributed by atoms with E-state index in [0.29, 0.717) is 15.6 Å². The number of nitro groups is 1. The number of hydrogen-bond donors (Lipinski definition) is 1. The number of anilines is 1. The van der Waals surface area contributed by atoms with Crippen molar-refractivity contribution in [2.75, 3.05) is 11.1 Å². The number of carbonyl (C=O) groups excluding carboxylic acids is 1. The van der Waals surface area contributed by atoms with Crippen molar-refractivity contribution in [3.8, 4) is 0 Å². The van der Waals surface area contributed by atoms with E-state index in [1.54, 1.807) is 24.6 Å². The predicted octanol–water partition coefficient (Wildman–Crippen LogP) is 2.49. The second-order valence-corrected chi connectivity index (χ2v) is 5.80. The standard InChI is InChI=1S/C11H10N4O3S2/c1-7-8(3-2-4-9(7)15(17)18)13-10(16)5-19-11-14-12-6-20-11/h2-4,6H,5H2,1H3,(H,13,16). The summed E-state index contributed by atoms with van der Waals surface area (Å²) in [6.45, 7) is 1.60. The van der Waals surface area contributed by atoms with Gasteiger partial charge in [-0.2, -0.15) is 0 Å². The summed E-state index contributed by atoms with van der Waals surface area (Å²) in [5.74, 6) is -0.0640. The van der Waals surface area contributed by atoms with Crippen molar-refractivity contribution >= 4 is 40.4 Å². The lowest BCUT2D eigenvalue weighted by Gasteiger charge is -2.07. The summed E-state index contributed by atoms with van der Waals surface area (Å²) in [4.78, 5) is 22.1. The van der Waals surface area contributed by atoms with Crippen molar-refractivity contribution in [2.45, 2.75) is 11.3 Å². The molecule has 0 radical (unpaired) electrons. The maximum Gasteiger partial charge on any atom is 0.274 e. The first-order valence-corrected chi connectivity index (χ1v) is 7.37. The molecule has 20 heavy (non-hydrogen) atoms. The van der Waals surface area contributed by atoms with Gasteiger partial charge >= 0.3 is 0 Å². The fourth-order valence-electron chi connectivity index (χ4n) is 1.50. The SMILES string of the molecule is Cc1c(NC(=O)CSc2nncs2)cccc1[N+](=O)[O-]. The van der Waals surface area contributed by atoms with Gasteiger partial charge in [-0.15, -0.1) is 10.2 Å². The van der Waals surface area contributed by atoms with Crippen molar-refractivity contribution in [3.63, 3.8) is 0 Å². The number of carbonyl (C=O) groups is 1. The lowest BCUT2D eigenvalue weighted by atomic mass is 10.1. The Bertz CT molecular complexity index is 631. The Hall–Kier alpha value is -2.00. The number of nitrogens with one attached hydrogen (secondary N) is 1. The van der Waals surface area contributed by atoms with Gasteiger partial charge in [0.2, 0.25) is 5.91 Å². The quantitative estimate of drug-likeness (QED) is 0.517. The van der Waals surface area contributed by atoms with E-state index in [1.807, 2.05) is 0 Å². The number of hydrogen-bond acceptors (Lipinski definition) is 7. The lowest BCUT2D eigenvalue weighted by Crippen LogP contribution is -2.15. The van der Waals surface area contributed by atoms with Gasteiger partial charge in [-0.3, -0.25) is 14.9 Å². The summed E-state index contributed by atoms with van der Waals surface area (Å²) in [5, 5.41) is 21.0. The number of thioether (sulfide) groups is 1. The Morgan fingerprint density at radius 3 is 3.00 bits per heavy atom. The maximum atomic E-state index is 11.8. The van der Waals surface area contributed by atoms with Gasteiger partial charge in [0.25, 0.3) is 5.69 Å². The molecule has 0 fully saturated rings. The van der Waals surface area contributed by atoms with Crippen LogP contribution in [0.5, 0.6) is 0 Å². The van der Waals surface area contributed by atoms with Crippen LogP contribution in [0.25, 0.3) is 0 Å². The van der Waals surface area contributed by atoms with Crippen LogP contribution < -0.4 is 5.32 Å².